The molecule has 5 nitrogen and oxygen atoms in total. The molecule has 1 N–H and O–H groups in total. The Bertz CT molecular complexity index is 953. The van der Waals surface area contributed by atoms with Crippen molar-refractivity contribution in [3.05, 3.63) is 57.7 Å². The highest BCUT2D eigenvalue weighted by Crippen LogP contribution is 2.28. The van der Waals surface area contributed by atoms with Crippen LogP contribution >= 0.6 is 23.2 Å². The van der Waals surface area contributed by atoms with Crippen LogP contribution < -0.4 is 10.1 Å². The van der Waals surface area contributed by atoms with Gasteiger partial charge in [0.1, 0.15) is 5.75 Å². The van der Waals surface area contributed by atoms with E-state index in [1.807, 2.05) is 12.1 Å². The SMILES string of the molecule is COc1cc(CNc2nnc(Cl)c3ccc(C#N)cc23)ccc1Cl. The monoisotopic (exact) mass is 358 g/mol. The summed E-state index contributed by atoms with van der Waals surface area (Å²) in [7, 11) is 1.57. The van der Waals surface area contributed by atoms with Crippen LogP contribution in [0.3, 0.4) is 0 Å². The maximum absolute atomic E-state index is 9.08. The van der Waals surface area contributed by atoms with Gasteiger partial charge in [0.15, 0.2) is 11.0 Å². The Hall–Kier alpha value is -2.55. The molecule has 2 aromatic carbocycles. The fraction of sp³-hybridized carbons (Fsp3) is 0.118. The van der Waals surface area contributed by atoms with Crippen LogP contribution in [0.4, 0.5) is 5.82 Å². The summed E-state index contributed by atoms with van der Waals surface area (Å²) < 4.78 is 5.21. The van der Waals surface area contributed by atoms with E-state index in [0.717, 1.165) is 16.3 Å². The number of fused-ring (bicyclic) bond motifs is 1. The van der Waals surface area contributed by atoms with Crippen LogP contribution in [0.1, 0.15) is 11.1 Å². The summed E-state index contributed by atoms with van der Waals surface area (Å²) in [5.74, 6) is 1.16. The normalized spacial score (nSPS) is 10.4. The molecule has 1 aromatic heterocycles. The van der Waals surface area contributed by atoms with Gasteiger partial charge in [0.05, 0.1) is 23.8 Å². The zero-order valence-corrected chi connectivity index (χ0v) is 14.2. The lowest BCUT2D eigenvalue weighted by atomic mass is 10.1. The molecule has 0 fully saturated rings. The Kier molecular flexibility index (Phi) is 4.70. The van der Waals surface area contributed by atoms with Crippen molar-refractivity contribution in [3.63, 3.8) is 0 Å². The van der Waals surface area contributed by atoms with E-state index in [1.54, 1.807) is 31.4 Å². The number of anilines is 1. The number of ether oxygens (including phenoxy) is 1. The zero-order valence-electron chi connectivity index (χ0n) is 12.7. The molecule has 3 rings (SSSR count). The fourth-order valence-electron chi connectivity index (χ4n) is 2.32. The predicted octanol–water partition coefficient (Wildman–Crippen LogP) is 4.43. The van der Waals surface area contributed by atoms with Gasteiger partial charge in [0, 0.05) is 17.3 Å². The van der Waals surface area contributed by atoms with Crippen molar-refractivity contribution in [2.75, 3.05) is 12.4 Å². The minimum Gasteiger partial charge on any atom is -0.495 e. The number of nitrogens with one attached hydrogen (secondary N) is 1. The summed E-state index contributed by atoms with van der Waals surface area (Å²) in [6.45, 7) is 0.496. The standard InChI is InChI=1S/C17H12Cl2N4O/c1-24-15-7-11(3-5-14(15)18)9-21-17-13-6-10(8-20)2-4-12(13)16(19)22-23-17/h2-7H,9H2,1H3,(H,21,23). The Morgan fingerprint density at radius 1 is 1.12 bits per heavy atom. The molecule has 0 spiro atoms. The highest BCUT2D eigenvalue weighted by molar-refractivity contribution is 6.34. The van der Waals surface area contributed by atoms with E-state index in [1.165, 1.54) is 0 Å². The molecule has 0 saturated heterocycles. The third-order valence-electron chi connectivity index (χ3n) is 3.54. The number of methoxy groups -OCH3 is 1. The summed E-state index contributed by atoms with van der Waals surface area (Å²) in [6.07, 6.45) is 0. The molecule has 0 bridgehead atoms. The molecule has 7 heteroatoms. The molecule has 0 radical (unpaired) electrons. The van der Waals surface area contributed by atoms with Crippen molar-refractivity contribution in [2.24, 2.45) is 0 Å². The van der Waals surface area contributed by atoms with Gasteiger partial charge in [0.25, 0.3) is 0 Å². The molecular formula is C17H12Cl2N4O. The average molecular weight is 359 g/mol. The minimum absolute atomic E-state index is 0.299. The lowest BCUT2D eigenvalue weighted by Crippen LogP contribution is -2.04. The van der Waals surface area contributed by atoms with E-state index in [2.05, 4.69) is 21.6 Å². The molecule has 0 saturated carbocycles. The van der Waals surface area contributed by atoms with Gasteiger partial charge >= 0.3 is 0 Å². The minimum atomic E-state index is 0.299. The third-order valence-corrected chi connectivity index (χ3v) is 4.13. The van der Waals surface area contributed by atoms with Crippen molar-refractivity contribution in [2.45, 2.75) is 6.54 Å². The maximum atomic E-state index is 9.08. The molecular weight excluding hydrogens is 347 g/mol. The van der Waals surface area contributed by atoms with Crippen LogP contribution in [-0.2, 0) is 6.54 Å². The van der Waals surface area contributed by atoms with E-state index in [-0.39, 0.29) is 0 Å². The fourth-order valence-corrected chi connectivity index (χ4v) is 2.72. The Balaban J connectivity index is 1.93. The maximum Gasteiger partial charge on any atom is 0.159 e. The van der Waals surface area contributed by atoms with Crippen LogP contribution in [-0.4, -0.2) is 17.3 Å². The number of rotatable bonds is 4. The second kappa shape index (κ2) is 6.91. The average Bonchev–Trinajstić information content (AvgIpc) is 2.62. The number of benzene rings is 2. The summed E-state index contributed by atoms with van der Waals surface area (Å²) in [4.78, 5) is 0. The van der Waals surface area contributed by atoms with E-state index in [4.69, 9.17) is 33.2 Å². The van der Waals surface area contributed by atoms with Crippen molar-refractivity contribution in [1.82, 2.24) is 10.2 Å². The number of hydrogen-bond acceptors (Lipinski definition) is 5. The van der Waals surface area contributed by atoms with Crippen molar-refractivity contribution in [3.8, 4) is 11.8 Å². The predicted molar refractivity (Wildman–Crippen MR) is 94.6 cm³/mol. The zero-order chi connectivity index (χ0) is 17.1. The number of nitrogens with zero attached hydrogens (tertiary/aromatic N) is 3. The van der Waals surface area contributed by atoms with Crippen LogP contribution in [0.2, 0.25) is 10.2 Å². The van der Waals surface area contributed by atoms with Gasteiger partial charge in [-0.15, -0.1) is 10.2 Å². The van der Waals surface area contributed by atoms with Gasteiger partial charge < -0.3 is 10.1 Å². The van der Waals surface area contributed by atoms with E-state index < -0.39 is 0 Å². The summed E-state index contributed by atoms with van der Waals surface area (Å²) >= 11 is 12.1. The number of nitriles is 1. The molecule has 0 aliphatic carbocycles. The van der Waals surface area contributed by atoms with Gasteiger partial charge in [-0.1, -0.05) is 29.3 Å². The van der Waals surface area contributed by atoms with E-state index >= 15 is 0 Å². The molecule has 1 heterocycles. The lowest BCUT2D eigenvalue weighted by molar-refractivity contribution is 0.414. The smallest absolute Gasteiger partial charge is 0.159 e. The lowest BCUT2D eigenvalue weighted by Gasteiger charge is -2.10. The number of halogens is 2. The molecule has 24 heavy (non-hydrogen) atoms. The quantitative estimate of drug-likeness (QED) is 0.746. The summed E-state index contributed by atoms with van der Waals surface area (Å²) in [6, 6.07) is 12.8. The molecule has 120 valence electrons. The van der Waals surface area contributed by atoms with Crippen molar-refractivity contribution in [1.29, 1.82) is 5.26 Å². The second-order valence-electron chi connectivity index (χ2n) is 5.03. The molecule has 3 aromatic rings. The van der Waals surface area contributed by atoms with Gasteiger partial charge in [-0.05, 0) is 35.9 Å². The van der Waals surface area contributed by atoms with E-state index in [9.17, 15) is 0 Å². The van der Waals surface area contributed by atoms with Gasteiger partial charge in [-0.25, -0.2) is 0 Å². The van der Waals surface area contributed by atoms with Gasteiger partial charge in [-0.3, -0.25) is 0 Å². The topological polar surface area (TPSA) is 70.8 Å². The van der Waals surface area contributed by atoms with Gasteiger partial charge in [0.2, 0.25) is 0 Å². The van der Waals surface area contributed by atoms with Crippen molar-refractivity contribution >= 4 is 39.8 Å². The number of aromatic nitrogens is 2. The highest BCUT2D eigenvalue weighted by Gasteiger charge is 2.09. The molecule has 0 aliphatic heterocycles. The van der Waals surface area contributed by atoms with E-state index in [0.29, 0.717) is 33.9 Å². The Labute approximate surface area is 148 Å². The van der Waals surface area contributed by atoms with Crippen LogP contribution in [0, 0.1) is 11.3 Å². The first-order valence-electron chi connectivity index (χ1n) is 7.04. The molecule has 0 amide bonds. The Morgan fingerprint density at radius 3 is 2.71 bits per heavy atom. The first-order chi connectivity index (χ1) is 11.6. The molecule has 0 unspecified atom stereocenters. The van der Waals surface area contributed by atoms with Crippen LogP contribution in [0.5, 0.6) is 5.75 Å². The van der Waals surface area contributed by atoms with Gasteiger partial charge in [-0.2, -0.15) is 5.26 Å². The first-order valence-corrected chi connectivity index (χ1v) is 7.80. The van der Waals surface area contributed by atoms with Crippen LogP contribution in [0.25, 0.3) is 10.8 Å². The summed E-state index contributed by atoms with van der Waals surface area (Å²) in [5.41, 5.74) is 1.50. The van der Waals surface area contributed by atoms with Crippen molar-refractivity contribution < 1.29 is 4.74 Å². The first kappa shape index (κ1) is 16.3. The second-order valence-corrected chi connectivity index (χ2v) is 5.80. The highest BCUT2D eigenvalue weighted by atomic mass is 35.5. The number of hydrogen-bond donors (Lipinski definition) is 1. The van der Waals surface area contributed by atoms with Crippen LogP contribution in [0.15, 0.2) is 36.4 Å². The molecule has 0 atom stereocenters. The molecule has 0 aliphatic rings. The summed E-state index contributed by atoms with van der Waals surface area (Å²) in [5, 5.41) is 22.7. The Morgan fingerprint density at radius 2 is 1.96 bits per heavy atom. The largest absolute Gasteiger partial charge is 0.495 e. The third kappa shape index (κ3) is 3.21.